The Morgan fingerprint density at radius 1 is 1.61 bits per heavy atom. The normalized spacial score (nSPS) is 28.1. The first-order chi connectivity index (χ1) is 8.56. The SMILES string of the molecule is CC1CCCC(CO)(Nc2ncnc(Cl)c2Br)C1. The van der Waals surface area contributed by atoms with Gasteiger partial charge in [0.05, 0.1) is 16.6 Å². The molecule has 2 atom stereocenters. The minimum Gasteiger partial charge on any atom is -0.394 e. The Kier molecular flexibility index (Phi) is 4.45. The zero-order valence-corrected chi connectivity index (χ0v) is 12.6. The highest BCUT2D eigenvalue weighted by Crippen LogP contribution is 2.36. The summed E-state index contributed by atoms with van der Waals surface area (Å²) in [4.78, 5) is 8.09. The summed E-state index contributed by atoms with van der Waals surface area (Å²) in [5, 5.41) is 13.5. The molecule has 1 aliphatic carbocycles. The van der Waals surface area contributed by atoms with Gasteiger partial charge in [0.25, 0.3) is 0 Å². The lowest BCUT2D eigenvalue weighted by atomic mass is 9.77. The topological polar surface area (TPSA) is 58.0 Å². The molecule has 2 N–H and O–H groups in total. The highest BCUT2D eigenvalue weighted by Gasteiger charge is 2.35. The number of nitrogens with one attached hydrogen (secondary N) is 1. The number of anilines is 1. The van der Waals surface area contributed by atoms with E-state index in [1.807, 2.05) is 0 Å². The second kappa shape index (κ2) is 5.72. The molecule has 0 spiro atoms. The lowest BCUT2D eigenvalue weighted by molar-refractivity contribution is 0.149. The van der Waals surface area contributed by atoms with Gasteiger partial charge in [-0.05, 0) is 34.7 Å². The van der Waals surface area contributed by atoms with Crippen molar-refractivity contribution in [3.05, 3.63) is 16.0 Å². The standard InChI is InChI=1S/C12H17BrClN3O/c1-8-3-2-4-12(5-8,6-18)17-11-9(13)10(14)15-7-16-11/h7-8,18H,2-6H2,1H3,(H,15,16,17). The Morgan fingerprint density at radius 2 is 2.39 bits per heavy atom. The summed E-state index contributed by atoms with van der Waals surface area (Å²) in [6.07, 6.45) is 5.65. The van der Waals surface area contributed by atoms with Gasteiger partial charge in [0, 0.05) is 0 Å². The van der Waals surface area contributed by atoms with Crippen LogP contribution >= 0.6 is 27.5 Å². The number of aliphatic hydroxyl groups is 1. The Labute approximate surface area is 120 Å². The molecule has 1 aromatic rings. The number of hydrogen-bond acceptors (Lipinski definition) is 4. The summed E-state index contributed by atoms with van der Waals surface area (Å²) in [6.45, 7) is 2.32. The molecule has 1 saturated carbocycles. The molecule has 0 aromatic carbocycles. The Bertz CT molecular complexity index is 432. The lowest BCUT2D eigenvalue weighted by Gasteiger charge is -2.40. The van der Waals surface area contributed by atoms with Crippen LogP contribution in [0, 0.1) is 5.92 Å². The predicted molar refractivity (Wildman–Crippen MR) is 75.8 cm³/mol. The fourth-order valence-electron chi connectivity index (χ4n) is 2.64. The van der Waals surface area contributed by atoms with Gasteiger partial charge in [-0.3, -0.25) is 0 Å². The van der Waals surface area contributed by atoms with Gasteiger partial charge < -0.3 is 10.4 Å². The van der Waals surface area contributed by atoms with E-state index in [1.54, 1.807) is 0 Å². The van der Waals surface area contributed by atoms with Crippen molar-refractivity contribution in [2.75, 3.05) is 11.9 Å². The Morgan fingerprint density at radius 3 is 3.06 bits per heavy atom. The maximum absolute atomic E-state index is 9.73. The number of aliphatic hydroxyl groups excluding tert-OH is 1. The average Bonchev–Trinajstić information content (AvgIpc) is 2.35. The molecule has 1 aliphatic rings. The summed E-state index contributed by atoms with van der Waals surface area (Å²) in [5.41, 5.74) is -0.294. The van der Waals surface area contributed by atoms with Crippen molar-refractivity contribution >= 4 is 33.3 Å². The molecular weight excluding hydrogens is 318 g/mol. The minimum atomic E-state index is -0.294. The number of rotatable bonds is 3. The van der Waals surface area contributed by atoms with Crippen LogP contribution in [0.25, 0.3) is 0 Å². The molecular formula is C12H17BrClN3O. The highest BCUT2D eigenvalue weighted by atomic mass is 79.9. The van der Waals surface area contributed by atoms with Gasteiger partial charge in [0.15, 0.2) is 0 Å². The van der Waals surface area contributed by atoms with E-state index in [1.165, 1.54) is 12.7 Å². The summed E-state index contributed by atoms with van der Waals surface area (Å²) in [6, 6.07) is 0. The van der Waals surface area contributed by atoms with Crippen molar-refractivity contribution in [3.8, 4) is 0 Å². The molecule has 2 rings (SSSR count). The third kappa shape index (κ3) is 2.95. The zero-order valence-electron chi connectivity index (χ0n) is 10.3. The second-order valence-corrected chi connectivity index (χ2v) is 6.24. The van der Waals surface area contributed by atoms with Gasteiger partial charge in [-0.15, -0.1) is 0 Å². The van der Waals surface area contributed by atoms with Crippen LogP contribution in [0.4, 0.5) is 5.82 Å². The number of halogens is 2. The van der Waals surface area contributed by atoms with Gasteiger partial charge >= 0.3 is 0 Å². The summed E-state index contributed by atoms with van der Waals surface area (Å²) >= 11 is 9.32. The summed E-state index contributed by atoms with van der Waals surface area (Å²) in [5.74, 6) is 1.26. The van der Waals surface area contributed by atoms with E-state index in [-0.39, 0.29) is 12.1 Å². The van der Waals surface area contributed by atoms with E-state index < -0.39 is 0 Å². The quantitative estimate of drug-likeness (QED) is 0.833. The molecule has 1 aromatic heterocycles. The summed E-state index contributed by atoms with van der Waals surface area (Å²) in [7, 11) is 0. The molecule has 0 bridgehead atoms. The maximum atomic E-state index is 9.73. The van der Waals surface area contributed by atoms with Gasteiger partial charge in [-0.2, -0.15) is 0 Å². The van der Waals surface area contributed by atoms with E-state index in [0.717, 1.165) is 19.3 Å². The fraction of sp³-hybridized carbons (Fsp3) is 0.667. The first-order valence-electron chi connectivity index (χ1n) is 6.11. The molecule has 1 fully saturated rings. The molecule has 0 radical (unpaired) electrons. The number of aromatic nitrogens is 2. The van der Waals surface area contributed by atoms with Crippen molar-refractivity contribution in [1.29, 1.82) is 0 Å². The Hall–Kier alpha value is -0.390. The van der Waals surface area contributed by atoms with Gasteiger partial charge in [0.1, 0.15) is 17.3 Å². The third-order valence-corrected chi connectivity index (χ3v) is 4.79. The summed E-state index contributed by atoms with van der Waals surface area (Å²) < 4.78 is 0.651. The fourth-order valence-corrected chi connectivity index (χ4v) is 3.08. The van der Waals surface area contributed by atoms with Crippen LogP contribution in [0.15, 0.2) is 10.8 Å². The van der Waals surface area contributed by atoms with Crippen molar-refractivity contribution in [1.82, 2.24) is 9.97 Å². The first kappa shape index (κ1) is 14.0. The molecule has 100 valence electrons. The van der Waals surface area contributed by atoms with E-state index in [4.69, 9.17) is 11.6 Å². The largest absolute Gasteiger partial charge is 0.394 e. The zero-order chi connectivity index (χ0) is 13.2. The molecule has 1 heterocycles. The van der Waals surface area contributed by atoms with Crippen LogP contribution in [0.5, 0.6) is 0 Å². The molecule has 0 amide bonds. The van der Waals surface area contributed by atoms with E-state index in [2.05, 4.69) is 38.1 Å². The van der Waals surface area contributed by atoms with Crippen LogP contribution in [0.1, 0.15) is 32.6 Å². The Balaban J connectivity index is 2.22. The van der Waals surface area contributed by atoms with Gasteiger partial charge in [0.2, 0.25) is 0 Å². The molecule has 0 aliphatic heterocycles. The van der Waals surface area contributed by atoms with Crippen LogP contribution in [-0.2, 0) is 0 Å². The van der Waals surface area contributed by atoms with E-state index >= 15 is 0 Å². The van der Waals surface area contributed by atoms with Crippen molar-refractivity contribution in [2.24, 2.45) is 5.92 Å². The molecule has 4 nitrogen and oxygen atoms in total. The van der Waals surface area contributed by atoms with E-state index in [0.29, 0.717) is 21.4 Å². The van der Waals surface area contributed by atoms with Crippen molar-refractivity contribution in [2.45, 2.75) is 38.1 Å². The molecule has 6 heteroatoms. The number of hydrogen-bond donors (Lipinski definition) is 2. The van der Waals surface area contributed by atoms with Gasteiger partial charge in [-0.25, -0.2) is 9.97 Å². The van der Waals surface area contributed by atoms with Crippen LogP contribution in [-0.4, -0.2) is 27.2 Å². The number of nitrogens with zero attached hydrogens (tertiary/aromatic N) is 2. The third-order valence-electron chi connectivity index (χ3n) is 3.52. The predicted octanol–water partition coefficient (Wildman–Crippen LogP) is 3.25. The van der Waals surface area contributed by atoms with Gasteiger partial charge in [-0.1, -0.05) is 31.4 Å². The average molecular weight is 335 g/mol. The minimum absolute atomic E-state index is 0.103. The van der Waals surface area contributed by atoms with Crippen LogP contribution < -0.4 is 5.32 Å². The van der Waals surface area contributed by atoms with Crippen LogP contribution in [0.2, 0.25) is 5.15 Å². The maximum Gasteiger partial charge on any atom is 0.148 e. The first-order valence-corrected chi connectivity index (χ1v) is 7.28. The smallest absolute Gasteiger partial charge is 0.148 e. The van der Waals surface area contributed by atoms with Crippen molar-refractivity contribution < 1.29 is 5.11 Å². The monoisotopic (exact) mass is 333 g/mol. The van der Waals surface area contributed by atoms with Crippen LogP contribution in [0.3, 0.4) is 0 Å². The molecule has 2 unspecified atom stereocenters. The van der Waals surface area contributed by atoms with Crippen molar-refractivity contribution in [3.63, 3.8) is 0 Å². The second-order valence-electron chi connectivity index (χ2n) is 5.09. The lowest BCUT2D eigenvalue weighted by Crippen LogP contribution is -2.46. The highest BCUT2D eigenvalue weighted by molar-refractivity contribution is 9.10. The molecule has 18 heavy (non-hydrogen) atoms. The van der Waals surface area contributed by atoms with E-state index in [9.17, 15) is 5.11 Å². The molecule has 0 saturated heterocycles.